The third kappa shape index (κ3) is 0.176. The Labute approximate surface area is 95.2 Å². The van der Waals surface area contributed by atoms with E-state index >= 15 is 0 Å². The van der Waals surface area contributed by atoms with Crippen molar-refractivity contribution in [1.29, 1.82) is 0 Å². The first-order valence-corrected chi connectivity index (χ1v) is 7.91. The maximum Gasteiger partial charge on any atom is -0.00995 e. The second-order valence-corrected chi connectivity index (χ2v) is 9.27. The van der Waals surface area contributed by atoms with Crippen LogP contribution in [0.4, 0.5) is 0 Å². The van der Waals surface area contributed by atoms with E-state index in [2.05, 4.69) is 0 Å². The van der Waals surface area contributed by atoms with Crippen LogP contribution in [0.5, 0.6) is 0 Å². The molecule has 0 heteroatoms. The van der Waals surface area contributed by atoms with Gasteiger partial charge in [0, 0.05) is 0 Å². The zero-order valence-corrected chi connectivity index (χ0v) is 9.45. The number of hydrogen-bond acceptors (Lipinski definition) is 0. The van der Waals surface area contributed by atoms with Crippen molar-refractivity contribution in [3.8, 4) is 0 Å². The summed E-state index contributed by atoms with van der Waals surface area (Å²) >= 11 is 0. The third-order valence-corrected chi connectivity index (χ3v) is 11.4. The van der Waals surface area contributed by atoms with Gasteiger partial charge in [-0.25, -0.2) is 0 Å². The van der Waals surface area contributed by atoms with Gasteiger partial charge in [0.25, 0.3) is 0 Å². The molecule has 80 valence electrons. The summed E-state index contributed by atoms with van der Waals surface area (Å²) in [5.74, 6) is 10.5. The van der Waals surface area contributed by atoms with Crippen molar-refractivity contribution < 1.29 is 0 Å². The molecule has 0 aliphatic heterocycles. The van der Waals surface area contributed by atoms with Gasteiger partial charge in [0.2, 0.25) is 0 Å². The average Bonchev–Trinajstić information content (AvgIpc) is 2.09. The largest absolute Gasteiger partial charge is 0.0458 e. The first-order valence-electron chi connectivity index (χ1n) is 7.91. The van der Waals surface area contributed by atoms with Gasteiger partial charge in [-0.05, 0) is 94.7 Å². The van der Waals surface area contributed by atoms with Gasteiger partial charge in [0.05, 0.1) is 0 Å². The summed E-state index contributed by atoms with van der Waals surface area (Å²) < 4.78 is 0. The lowest BCUT2D eigenvalue weighted by atomic mass is 8.78. The minimum absolute atomic E-state index is 1.09. The molecule has 0 aromatic rings. The Kier molecular flexibility index (Phi) is 0.425. The summed E-state index contributed by atoms with van der Waals surface area (Å²) in [5.41, 5.74) is 4.37. The Morgan fingerprint density at radius 2 is 0.562 bits per heavy atom. The predicted molar refractivity (Wildman–Crippen MR) is 56.1 cm³/mol. The summed E-state index contributed by atoms with van der Waals surface area (Å²) in [4.78, 5) is 0. The number of hydrogen-bond donors (Lipinski definition) is 0. The van der Waals surface area contributed by atoms with Crippen molar-refractivity contribution in [2.24, 2.45) is 69.0 Å². The van der Waals surface area contributed by atoms with Crippen LogP contribution < -0.4 is 0 Å². The molecule has 0 N–H and O–H groups in total. The molecule has 0 radical (unpaired) electrons. The highest BCUT2D eigenvalue weighted by molar-refractivity contribution is 5.68. The topological polar surface area (TPSA) is 0 Å². The van der Waals surface area contributed by atoms with Crippen LogP contribution >= 0.6 is 0 Å². The Morgan fingerprint density at radius 3 is 0.750 bits per heavy atom. The molecule has 0 saturated heterocycles. The maximum absolute atomic E-state index is 1.71. The van der Waals surface area contributed by atoms with E-state index in [0.29, 0.717) is 0 Å². The molecule has 8 unspecified atom stereocenters. The molecule has 16 heavy (non-hydrogen) atoms. The molecule has 9 aliphatic carbocycles. The summed E-state index contributed by atoms with van der Waals surface area (Å²) in [6, 6.07) is 0. The maximum atomic E-state index is 1.71. The lowest BCUT2D eigenvalue weighted by molar-refractivity contribution is -0.796. The predicted octanol–water partition coefficient (Wildman–Crippen LogP) is 2.54. The van der Waals surface area contributed by atoms with Crippen LogP contribution in [0.1, 0.15) is 25.7 Å². The first kappa shape index (κ1) is 6.25. The summed E-state index contributed by atoms with van der Waals surface area (Å²) in [5, 5.41) is 0. The Morgan fingerprint density at radius 1 is 0.375 bits per heavy atom. The van der Waals surface area contributed by atoms with E-state index in [1.165, 1.54) is 47.3 Å². The molecular weight excluding hydrogens is 192 g/mol. The Bertz CT molecular complexity index is 433. The molecule has 9 rings (SSSR count). The molecular formula is C16H16. The summed E-state index contributed by atoms with van der Waals surface area (Å²) in [6.07, 6.45) is 6.85. The number of rotatable bonds is 0. The van der Waals surface area contributed by atoms with Crippen LogP contribution in [-0.2, 0) is 0 Å². The normalized spacial score (nSPS) is 108. The Balaban J connectivity index is 1.51. The van der Waals surface area contributed by atoms with Gasteiger partial charge >= 0.3 is 0 Å². The van der Waals surface area contributed by atoms with E-state index in [9.17, 15) is 0 Å². The van der Waals surface area contributed by atoms with Gasteiger partial charge in [-0.1, -0.05) is 0 Å². The van der Waals surface area contributed by atoms with Crippen LogP contribution in [0.2, 0.25) is 0 Å². The average molecular weight is 208 g/mol. The molecule has 0 aromatic heterocycles. The van der Waals surface area contributed by atoms with Gasteiger partial charge in [-0.15, -0.1) is 0 Å². The highest BCUT2D eigenvalue weighted by Crippen LogP contribution is 3.26. The molecule has 0 bridgehead atoms. The molecule has 9 fully saturated rings. The third-order valence-electron chi connectivity index (χ3n) is 11.4. The smallest absolute Gasteiger partial charge is 0.00995 e. The lowest BCUT2D eigenvalue weighted by Crippen LogP contribution is -3.22. The minimum Gasteiger partial charge on any atom is -0.0458 e. The molecule has 8 atom stereocenters. The SMILES string of the molecule is C1C2C3CC4C5CC6C7CC8C1C21C34C56C871. The van der Waals surface area contributed by atoms with Crippen LogP contribution in [0.15, 0.2) is 0 Å². The fourth-order valence-electron chi connectivity index (χ4n) is 12.7. The van der Waals surface area contributed by atoms with Crippen LogP contribution in [0, 0.1) is 69.0 Å². The van der Waals surface area contributed by atoms with Gasteiger partial charge < -0.3 is 0 Å². The fourth-order valence-corrected chi connectivity index (χ4v) is 12.7. The van der Waals surface area contributed by atoms with Gasteiger partial charge in [0.15, 0.2) is 0 Å². The molecule has 0 heterocycles. The van der Waals surface area contributed by atoms with Gasteiger partial charge in [0.1, 0.15) is 0 Å². The highest BCUT2D eigenvalue weighted by atomic mass is 15.3. The zero-order valence-electron chi connectivity index (χ0n) is 9.45. The standard InChI is InChI=1S/C16H16/c1-5-7-2-9-11-4-12-10-3-8-6(1)13(5)14(7,9)16(11,12)15(8,10)13/h5-12H,1-4H2. The van der Waals surface area contributed by atoms with E-state index in [-0.39, 0.29) is 0 Å². The quantitative estimate of drug-likeness (QED) is 0.574. The van der Waals surface area contributed by atoms with E-state index in [0.717, 1.165) is 21.7 Å². The van der Waals surface area contributed by atoms with E-state index in [1.54, 1.807) is 25.7 Å². The number of fused-ring (bicyclic) bond motifs is 4. The second kappa shape index (κ2) is 1.09. The molecule has 0 aromatic carbocycles. The van der Waals surface area contributed by atoms with E-state index in [1.807, 2.05) is 0 Å². The van der Waals surface area contributed by atoms with Gasteiger partial charge in [-0.2, -0.15) is 0 Å². The minimum atomic E-state index is 1.09. The van der Waals surface area contributed by atoms with Gasteiger partial charge in [-0.3, -0.25) is 0 Å². The fraction of sp³-hybridized carbons (Fsp3) is 1.00. The van der Waals surface area contributed by atoms with Crippen molar-refractivity contribution in [3.63, 3.8) is 0 Å². The summed E-state index contributed by atoms with van der Waals surface area (Å²) in [6.45, 7) is 0. The van der Waals surface area contributed by atoms with E-state index < -0.39 is 0 Å². The summed E-state index contributed by atoms with van der Waals surface area (Å²) in [7, 11) is 0. The molecule has 4 spiro atoms. The van der Waals surface area contributed by atoms with E-state index in [4.69, 9.17) is 0 Å². The van der Waals surface area contributed by atoms with Crippen LogP contribution in [-0.4, -0.2) is 0 Å². The van der Waals surface area contributed by atoms with Crippen molar-refractivity contribution in [2.45, 2.75) is 25.7 Å². The van der Waals surface area contributed by atoms with Crippen molar-refractivity contribution in [3.05, 3.63) is 0 Å². The molecule has 0 nitrogen and oxygen atoms in total. The van der Waals surface area contributed by atoms with Crippen LogP contribution in [0.3, 0.4) is 0 Å². The van der Waals surface area contributed by atoms with Crippen LogP contribution in [0.25, 0.3) is 0 Å². The Hall–Kier alpha value is 0. The second-order valence-electron chi connectivity index (χ2n) is 9.27. The van der Waals surface area contributed by atoms with Crippen molar-refractivity contribution >= 4 is 0 Å². The molecule has 9 saturated carbocycles. The monoisotopic (exact) mass is 208 g/mol. The van der Waals surface area contributed by atoms with Crippen molar-refractivity contribution in [2.75, 3.05) is 0 Å². The molecule has 0 amide bonds. The zero-order chi connectivity index (χ0) is 9.45. The lowest BCUT2D eigenvalue weighted by Gasteiger charge is -3.25. The highest BCUT2D eigenvalue weighted by Gasteiger charge is 3.23. The van der Waals surface area contributed by atoms with Crippen molar-refractivity contribution in [1.82, 2.24) is 0 Å². The first-order chi connectivity index (χ1) is 7.91. The molecule has 9 aliphatic rings.